The van der Waals surface area contributed by atoms with Crippen LogP contribution in [0.5, 0.6) is 5.88 Å². The van der Waals surface area contributed by atoms with Crippen molar-refractivity contribution in [1.82, 2.24) is 20.3 Å². The van der Waals surface area contributed by atoms with Crippen molar-refractivity contribution in [2.75, 3.05) is 19.8 Å². The summed E-state index contributed by atoms with van der Waals surface area (Å²) < 4.78 is 11.2. The molecule has 2 N–H and O–H groups in total. The molecule has 1 aliphatic rings. The number of benzene rings is 1. The highest BCUT2D eigenvalue weighted by molar-refractivity contribution is 6.33. The van der Waals surface area contributed by atoms with Gasteiger partial charge in [0.25, 0.3) is 5.56 Å². The number of hydrogen-bond acceptors (Lipinski definition) is 6. The molecule has 1 saturated heterocycles. The van der Waals surface area contributed by atoms with Gasteiger partial charge in [0.1, 0.15) is 5.82 Å². The van der Waals surface area contributed by atoms with Gasteiger partial charge in [-0.3, -0.25) is 9.59 Å². The zero-order valence-corrected chi connectivity index (χ0v) is 20.8. The minimum Gasteiger partial charge on any atom is -0.477 e. The third-order valence-corrected chi connectivity index (χ3v) is 6.47. The Kier molecular flexibility index (Phi) is 7.52. The maximum Gasteiger partial charge on any atom is 0.251 e. The van der Waals surface area contributed by atoms with E-state index in [4.69, 9.17) is 21.1 Å². The van der Waals surface area contributed by atoms with E-state index in [0.717, 1.165) is 12.0 Å². The molecule has 0 saturated carbocycles. The third-order valence-electron chi connectivity index (χ3n) is 6.14. The van der Waals surface area contributed by atoms with Crippen LogP contribution in [0.2, 0.25) is 5.02 Å². The fourth-order valence-corrected chi connectivity index (χ4v) is 3.82. The van der Waals surface area contributed by atoms with Gasteiger partial charge in [-0.2, -0.15) is 0 Å². The summed E-state index contributed by atoms with van der Waals surface area (Å²) in [6.07, 6.45) is 2.62. The van der Waals surface area contributed by atoms with Gasteiger partial charge in [-0.1, -0.05) is 38.4 Å². The Morgan fingerprint density at radius 2 is 2.06 bits per heavy atom. The Bertz CT molecular complexity index is 1250. The summed E-state index contributed by atoms with van der Waals surface area (Å²) in [7, 11) is 0. The number of aromatic nitrogens is 3. The summed E-state index contributed by atoms with van der Waals surface area (Å²) in [6.45, 7) is 8.10. The van der Waals surface area contributed by atoms with Gasteiger partial charge in [0.15, 0.2) is 0 Å². The summed E-state index contributed by atoms with van der Waals surface area (Å²) in [4.78, 5) is 36.1. The number of rotatable bonds is 9. The highest BCUT2D eigenvalue weighted by atomic mass is 35.5. The molecule has 1 amide bonds. The highest BCUT2D eigenvalue weighted by Gasteiger charge is 2.37. The van der Waals surface area contributed by atoms with Crippen LogP contribution in [-0.4, -0.2) is 40.7 Å². The standard InChI is InChI=1S/C26H29ClN4O4/c1-4-26(13-34-14-26)15-35-23-8-6-18(12-28-23)21-10-22(32)31-24(30-21)19-9-17(5-7-20(19)27)11-29-25(33)16(2)3/h5-10,12,16H,4,11,13-15H2,1-3H3,(H,29,33)(H,30,31,32). The van der Waals surface area contributed by atoms with E-state index in [9.17, 15) is 9.59 Å². The molecule has 4 rings (SSSR count). The molecule has 8 nitrogen and oxygen atoms in total. The first-order chi connectivity index (χ1) is 16.8. The van der Waals surface area contributed by atoms with Crippen LogP contribution in [-0.2, 0) is 16.1 Å². The molecule has 2 aromatic heterocycles. The van der Waals surface area contributed by atoms with Crippen molar-refractivity contribution >= 4 is 17.5 Å². The van der Waals surface area contributed by atoms with Crippen molar-refractivity contribution in [2.45, 2.75) is 33.7 Å². The topological polar surface area (TPSA) is 106 Å². The predicted octanol–water partition coefficient (Wildman–Crippen LogP) is 4.23. The quantitative estimate of drug-likeness (QED) is 0.459. The SMILES string of the molecule is CCC1(COc2ccc(-c3cc(=O)[nH]c(-c4cc(CNC(=O)C(C)C)ccc4Cl)n3)cn2)COC1. The van der Waals surface area contributed by atoms with E-state index < -0.39 is 0 Å². The van der Waals surface area contributed by atoms with Gasteiger partial charge >= 0.3 is 0 Å². The lowest BCUT2D eigenvalue weighted by Crippen LogP contribution is -2.46. The van der Waals surface area contributed by atoms with E-state index >= 15 is 0 Å². The summed E-state index contributed by atoms with van der Waals surface area (Å²) in [5.41, 5.74) is 2.32. The molecule has 0 unspecified atom stereocenters. The number of hydrogen-bond donors (Lipinski definition) is 2. The normalized spacial score (nSPS) is 14.4. The molecule has 9 heteroatoms. The maximum absolute atomic E-state index is 12.4. The van der Waals surface area contributed by atoms with Gasteiger partial charge in [0.2, 0.25) is 11.8 Å². The van der Waals surface area contributed by atoms with Gasteiger partial charge in [0, 0.05) is 41.9 Å². The van der Waals surface area contributed by atoms with E-state index in [1.54, 1.807) is 18.3 Å². The van der Waals surface area contributed by atoms with Crippen LogP contribution in [0.3, 0.4) is 0 Å². The second kappa shape index (κ2) is 10.6. The average molecular weight is 497 g/mol. The van der Waals surface area contributed by atoms with Gasteiger partial charge < -0.3 is 19.8 Å². The second-order valence-electron chi connectivity index (χ2n) is 9.19. The lowest BCUT2D eigenvalue weighted by atomic mass is 9.84. The Morgan fingerprint density at radius 1 is 1.26 bits per heavy atom. The smallest absolute Gasteiger partial charge is 0.251 e. The van der Waals surface area contributed by atoms with Crippen LogP contribution in [0.1, 0.15) is 32.8 Å². The Labute approximate surface area is 209 Å². The van der Waals surface area contributed by atoms with Crippen LogP contribution >= 0.6 is 11.6 Å². The highest BCUT2D eigenvalue weighted by Crippen LogP contribution is 2.32. The van der Waals surface area contributed by atoms with Crippen molar-refractivity contribution < 1.29 is 14.3 Å². The molecule has 0 spiro atoms. The van der Waals surface area contributed by atoms with E-state index in [2.05, 4.69) is 27.2 Å². The van der Waals surface area contributed by atoms with Crippen LogP contribution in [0.15, 0.2) is 47.4 Å². The predicted molar refractivity (Wildman–Crippen MR) is 134 cm³/mol. The molecule has 184 valence electrons. The van der Waals surface area contributed by atoms with E-state index in [-0.39, 0.29) is 22.8 Å². The lowest BCUT2D eigenvalue weighted by molar-refractivity contribution is -0.133. The molecule has 1 aliphatic heterocycles. The second-order valence-corrected chi connectivity index (χ2v) is 9.59. The van der Waals surface area contributed by atoms with E-state index in [0.29, 0.717) is 59.9 Å². The molecule has 0 bridgehead atoms. The van der Waals surface area contributed by atoms with Crippen molar-refractivity contribution in [3.05, 3.63) is 63.5 Å². The van der Waals surface area contributed by atoms with Crippen LogP contribution in [0, 0.1) is 11.3 Å². The number of nitrogens with one attached hydrogen (secondary N) is 2. The fraction of sp³-hybridized carbons (Fsp3) is 0.385. The number of pyridine rings is 1. The minimum atomic E-state index is -0.310. The number of nitrogens with zero attached hydrogens (tertiary/aromatic N) is 2. The first kappa shape index (κ1) is 24.9. The van der Waals surface area contributed by atoms with Crippen LogP contribution in [0.25, 0.3) is 22.6 Å². The van der Waals surface area contributed by atoms with Gasteiger partial charge in [-0.05, 0) is 30.2 Å². The van der Waals surface area contributed by atoms with Crippen LogP contribution < -0.4 is 15.6 Å². The number of halogens is 1. The molecule has 1 fully saturated rings. The summed E-state index contributed by atoms with van der Waals surface area (Å²) >= 11 is 6.43. The Morgan fingerprint density at radius 3 is 2.69 bits per heavy atom. The van der Waals surface area contributed by atoms with Crippen LogP contribution in [0.4, 0.5) is 0 Å². The number of ether oxygens (including phenoxy) is 2. The molecule has 0 aliphatic carbocycles. The monoisotopic (exact) mass is 496 g/mol. The van der Waals surface area contributed by atoms with Crippen molar-refractivity contribution in [3.63, 3.8) is 0 Å². The number of carbonyl (C=O) groups excluding carboxylic acids is 1. The molecule has 3 aromatic rings. The van der Waals surface area contributed by atoms with E-state index in [1.807, 2.05) is 32.0 Å². The largest absolute Gasteiger partial charge is 0.477 e. The van der Waals surface area contributed by atoms with Crippen molar-refractivity contribution in [2.24, 2.45) is 11.3 Å². The number of aromatic amines is 1. The fourth-order valence-electron chi connectivity index (χ4n) is 3.61. The van der Waals surface area contributed by atoms with Gasteiger partial charge in [-0.25, -0.2) is 9.97 Å². The zero-order chi connectivity index (χ0) is 25.0. The van der Waals surface area contributed by atoms with Crippen molar-refractivity contribution in [3.8, 4) is 28.5 Å². The Hall–Kier alpha value is -3.23. The molecule has 0 radical (unpaired) electrons. The van der Waals surface area contributed by atoms with Gasteiger partial charge in [-0.15, -0.1) is 0 Å². The third kappa shape index (κ3) is 5.89. The molecule has 0 atom stereocenters. The van der Waals surface area contributed by atoms with Crippen molar-refractivity contribution in [1.29, 1.82) is 0 Å². The molecule has 3 heterocycles. The lowest BCUT2D eigenvalue weighted by Gasteiger charge is -2.40. The first-order valence-corrected chi connectivity index (χ1v) is 12.0. The number of amides is 1. The Balaban J connectivity index is 1.53. The first-order valence-electron chi connectivity index (χ1n) is 11.6. The maximum atomic E-state index is 12.4. The summed E-state index contributed by atoms with van der Waals surface area (Å²) in [5, 5.41) is 3.32. The van der Waals surface area contributed by atoms with Gasteiger partial charge in [0.05, 0.1) is 36.0 Å². The minimum absolute atomic E-state index is 0.0409. The average Bonchev–Trinajstić information content (AvgIpc) is 2.83. The number of carbonyl (C=O) groups is 1. The van der Waals surface area contributed by atoms with E-state index in [1.165, 1.54) is 6.07 Å². The molecule has 35 heavy (non-hydrogen) atoms. The zero-order valence-electron chi connectivity index (χ0n) is 20.1. The molecular formula is C26H29ClN4O4. The summed E-state index contributed by atoms with van der Waals surface area (Å²) in [5.74, 6) is 0.699. The number of H-pyrrole nitrogens is 1. The summed E-state index contributed by atoms with van der Waals surface area (Å²) in [6, 6.07) is 10.4. The molecular weight excluding hydrogens is 468 g/mol. The molecule has 1 aromatic carbocycles.